The second-order valence-corrected chi connectivity index (χ2v) is 10.5. The zero-order chi connectivity index (χ0) is 22.3. The molecule has 2 amide bonds. The van der Waals surface area contributed by atoms with Gasteiger partial charge < -0.3 is 20.7 Å². The van der Waals surface area contributed by atoms with Crippen molar-refractivity contribution in [2.24, 2.45) is 11.7 Å². The van der Waals surface area contributed by atoms with E-state index >= 15 is 0 Å². The molecule has 178 valence electrons. The first kappa shape index (κ1) is 23.7. The van der Waals surface area contributed by atoms with Gasteiger partial charge in [-0.25, -0.2) is 0 Å². The minimum atomic E-state index is -0.445. The lowest BCUT2D eigenvalue weighted by molar-refractivity contribution is -0.124. The summed E-state index contributed by atoms with van der Waals surface area (Å²) in [4.78, 5) is 31.3. The van der Waals surface area contributed by atoms with Crippen molar-refractivity contribution in [1.82, 2.24) is 15.1 Å². The Balaban J connectivity index is 1.51. The van der Waals surface area contributed by atoms with Gasteiger partial charge in [0.1, 0.15) is 6.04 Å². The molecule has 2 saturated heterocycles. The number of hydrogen-bond donors (Lipinski definition) is 2. The van der Waals surface area contributed by atoms with Gasteiger partial charge in [0.15, 0.2) is 0 Å². The fourth-order valence-electron chi connectivity index (χ4n) is 5.53. The highest BCUT2D eigenvalue weighted by molar-refractivity contribution is 7.12. The number of thiophene rings is 1. The van der Waals surface area contributed by atoms with E-state index < -0.39 is 6.04 Å². The van der Waals surface area contributed by atoms with Crippen LogP contribution in [0.5, 0.6) is 0 Å². The third kappa shape index (κ3) is 5.90. The van der Waals surface area contributed by atoms with E-state index in [-0.39, 0.29) is 24.0 Å². The molecular weight excluding hydrogens is 424 g/mol. The second kappa shape index (κ2) is 11.6. The number of ether oxygens (including phenoxy) is 1. The van der Waals surface area contributed by atoms with Crippen molar-refractivity contribution >= 4 is 23.2 Å². The molecule has 3 atom stereocenters. The maximum Gasteiger partial charge on any atom is 0.264 e. The summed E-state index contributed by atoms with van der Waals surface area (Å²) in [5.41, 5.74) is 5.60. The highest BCUT2D eigenvalue weighted by atomic mass is 32.1. The third-order valence-corrected chi connectivity index (χ3v) is 8.07. The summed E-state index contributed by atoms with van der Waals surface area (Å²) >= 11 is 1.44. The van der Waals surface area contributed by atoms with Gasteiger partial charge in [0.05, 0.1) is 11.0 Å². The number of nitrogens with zero attached hydrogens (tertiary/aromatic N) is 2. The Morgan fingerprint density at radius 3 is 2.72 bits per heavy atom. The van der Waals surface area contributed by atoms with Crippen molar-refractivity contribution < 1.29 is 14.3 Å². The standard InChI is InChI=1S/C24H38N4O3S/c25-10-11-26-23(29)21-14-19(16-28(21)24(30)22-9-5-13-32-22)27(17-20-8-4-12-31-20)15-18-6-2-1-3-7-18/h5,9,13,18-21H,1-4,6-8,10-12,14-17,25H2,(H,26,29). The van der Waals surface area contributed by atoms with Gasteiger partial charge in [0.2, 0.25) is 5.91 Å². The molecule has 1 aromatic heterocycles. The number of carbonyl (C=O) groups is 2. The summed E-state index contributed by atoms with van der Waals surface area (Å²) in [6.07, 6.45) is 9.72. The minimum Gasteiger partial charge on any atom is -0.377 e. The van der Waals surface area contributed by atoms with Crippen LogP contribution in [0.3, 0.4) is 0 Å². The fraction of sp³-hybridized carbons (Fsp3) is 0.750. The van der Waals surface area contributed by atoms with Gasteiger partial charge in [-0.15, -0.1) is 11.3 Å². The monoisotopic (exact) mass is 462 g/mol. The topological polar surface area (TPSA) is 87.9 Å². The van der Waals surface area contributed by atoms with Crippen LogP contribution < -0.4 is 11.1 Å². The molecule has 32 heavy (non-hydrogen) atoms. The molecule has 1 aromatic rings. The Morgan fingerprint density at radius 1 is 1.19 bits per heavy atom. The van der Waals surface area contributed by atoms with Crippen LogP contribution in [-0.2, 0) is 9.53 Å². The maximum atomic E-state index is 13.3. The number of nitrogens with two attached hydrogens (primary N) is 1. The van der Waals surface area contributed by atoms with Gasteiger partial charge in [-0.1, -0.05) is 25.3 Å². The van der Waals surface area contributed by atoms with E-state index in [1.807, 2.05) is 17.5 Å². The molecule has 0 aromatic carbocycles. The quantitative estimate of drug-likeness (QED) is 0.589. The Hall–Kier alpha value is -1.48. The lowest BCUT2D eigenvalue weighted by Crippen LogP contribution is -2.47. The SMILES string of the molecule is NCCNC(=O)C1CC(N(CC2CCCCC2)CC2CCCO2)CN1C(=O)c1cccs1. The predicted molar refractivity (Wildman–Crippen MR) is 127 cm³/mol. The number of likely N-dealkylation sites (tertiary alicyclic amines) is 1. The van der Waals surface area contributed by atoms with E-state index in [0.717, 1.165) is 32.5 Å². The Morgan fingerprint density at radius 2 is 2.03 bits per heavy atom. The van der Waals surface area contributed by atoms with E-state index in [1.165, 1.54) is 43.4 Å². The summed E-state index contributed by atoms with van der Waals surface area (Å²) in [6.45, 7) is 4.22. The van der Waals surface area contributed by atoms with Crippen molar-refractivity contribution in [3.8, 4) is 0 Å². The maximum absolute atomic E-state index is 13.3. The summed E-state index contributed by atoms with van der Waals surface area (Å²) < 4.78 is 5.98. The number of hydrogen-bond acceptors (Lipinski definition) is 6. The fourth-order valence-corrected chi connectivity index (χ4v) is 6.21. The van der Waals surface area contributed by atoms with Crippen LogP contribution in [0.2, 0.25) is 0 Å². The molecule has 3 unspecified atom stereocenters. The number of nitrogens with one attached hydrogen (secondary N) is 1. The van der Waals surface area contributed by atoms with Gasteiger partial charge in [-0.3, -0.25) is 14.5 Å². The Bertz CT molecular complexity index is 732. The minimum absolute atomic E-state index is 0.0369. The second-order valence-electron chi connectivity index (χ2n) is 9.51. The molecule has 3 N–H and O–H groups in total. The van der Waals surface area contributed by atoms with Crippen LogP contribution in [-0.4, -0.2) is 79.1 Å². The molecule has 1 saturated carbocycles. The molecule has 0 radical (unpaired) electrons. The van der Waals surface area contributed by atoms with Gasteiger partial charge in [-0.05, 0) is 49.5 Å². The first-order valence-corrected chi connectivity index (χ1v) is 13.2. The third-order valence-electron chi connectivity index (χ3n) is 7.21. The van der Waals surface area contributed by atoms with Crippen LogP contribution in [0, 0.1) is 5.92 Å². The molecule has 4 rings (SSSR count). The lowest BCUT2D eigenvalue weighted by atomic mass is 9.88. The average Bonchev–Trinajstić information content (AvgIpc) is 3.59. The van der Waals surface area contributed by atoms with Crippen LogP contribution >= 0.6 is 11.3 Å². The van der Waals surface area contributed by atoms with Crippen molar-refractivity contribution in [1.29, 1.82) is 0 Å². The summed E-state index contributed by atoms with van der Waals surface area (Å²) in [5.74, 6) is 0.583. The molecular formula is C24H38N4O3S. The molecule has 0 bridgehead atoms. The largest absolute Gasteiger partial charge is 0.377 e. The summed E-state index contributed by atoms with van der Waals surface area (Å²) in [6, 6.07) is 3.47. The van der Waals surface area contributed by atoms with Crippen LogP contribution in [0.1, 0.15) is 61.0 Å². The van der Waals surface area contributed by atoms with Gasteiger partial charge >= 0.3 is 0 Å². The van der Waals surface area contributed by atoms with E-state index in [0.29, 0.717) is 36.9 Å². The molecule has 0 spiro atoms. The van der Waals surface area contributed by atoms with E-state index in [4.69, 9.17) is 10.5 Å². The zero-order valence-corrected chi connectivity index (χ0v) is 19.9. The van der Waals surface area contributed by atoms with Crippen LogP contribution in [0.25, 0.3) is 0 Å². The smallest absolute Gasteiger partial charge is 0.264 e. The highest BCUT2D eigenvalue weighted by Crippen LogP contribution is 2.31. The number of carbonyl (C=O) groups excluding carboxylic acids is 2. The van der Waals surface area contributed by atoms with Gasteiger partial charge in [-0.2, -0.15) is 0 Å². The number of amides is 2. The molecule has 3 aliphatic rings. The average molecular weight is 463 g/mol. The first-order valence-electron chi connectivity index (χ1n) is 12.3. The normalized spacial score (nSPS) is 26.7. The molecule has 3 heterocycles. The summed E-state index contributed by atoms with van der Waals surface area (Å²) in [5, 5.41) is 4.83. The van der Waals surface area contributed by atoms with Crippen LogP contribution in [0.15, 0.2) is 17.5 Å². The predicted octanol–water partition coefficient (Wildman–Crippen LogP) is 2.47. The Labute approximate surface area is 195 Å². The van der Waals surface area contributed by atoms with Crippen molar-refractivity contribution in [2.75, 3.05) is 39.3 Å². The summed E-state index contributed by atoms with van der Waals surface area (Å²) in [7, 11) is 0. The van der Waals surface area contributed by atoms with Crippen molar-refractivity contribution in [3.05, 3.63) is 22.4 Å². The molecule has 3 fully saturated rings. The zero-order valence-electron chi connectivity index (χ0n) is 19.0. The van der Waals surface area contributed by atoms with Gasteiger partial charge in [0.25, 0.3) is 5.91 Å². The van der Waals surface area contributed by atoms with Gasteiger partial charge in [0, 0.05) is 45.4 Å². The molecule has 8 heteroatoms. The molecule has 7 nitrogen and oxygen atoms in total. The molecule has 2 aliphatic heterocycles. The van der Waals surface area contributed by atoms with Crippen molar-refractivity contribution in [3.63, 3.8) is 0 Å². The van der Waals surface area contributed by atoms with Crippen LogP contribution in [0.4, 0.5) is 0 Å². The highest BCUT2D eigenvalue weighted by Gasteiger charge is 2.43. The number of rotatable bonds is 9. The first-order chi connectivity index (χ1) is 15.7. The Kier molecular flexibility index (Phi) is 8.57. The van der Waals surface area contributed by atoms with E-state index in [9.17, 15) is 9.59 Å². The van der Waals surface area contributed by atoms with Crippen molar-refractivity contribution in [2.45, 2.75) is 69.6 Å². The van der Waals surface area contributed by atoms with E-state index in [2.05, 4.69) is 10.2 Å². The lowest BCUT2D eigenvalue weighted by Gasteiger charge is -2.35. The van der Waals surface area contributed by atoms with E-state index in [1.54, 1.807) is 4.90 Å². The molecule has 1 aliphatic carbocycles.